The van der Waals surface area contributed by atoms with Crippen molar-refractivity contribution in [3.63, 3.8) is 0 Å². The van der Waals surface area contributed by atoms with Crippen molar-refractivity contribution in [1.29, 1.82) is 0 Å². The van der Waals surface area contributed by atoms with Gasteiger partial charge in [0.2, 0.25) is 0 Å². The van der Waals surface area contributed by atoms with Gasteiger partial charge in [-0.25, -0.2) is 0 Å². The van der Waals surface area contributed by atoms with Crippen molar-refractivity contribution >= 4 is 40.3 Å². The molecule has 1 aromatic heterocycles. The van der Waals surface area contributed by atoms with Gasteiger partial charge in [0.05, 0.1) is 16.4 Å². The van der Waals surface area contributed by atoms with Crippen LogP contribution in [-0.4, -0.2) is 30.8 Å². The normalized spacial score (nSPS) is 10.9. The molecule has 1 aromatic rings. The second kappa shape index (κ2) is 5.12. The number of rotatable bonds is 4. The minimum atomic E-state index is 0.0162. The molecule has 0 aliphatic rings. The summed E-state index contributed by atoms with van der Waals surface area (Å²) in [5, 5.41) is 0. The van der Waals surface area contributed by atoms with Crippen LogP contribution < -0.4 is 0 Å². The van der Waals surface area contributed by atoms with E-state index in [0.29, 0.717) is 20.8 Å². The van der Waals surface area contributed by atoms with Crippen LogP contribution in [0.5, 0.6) is 0 Å². The fourth-order valence-corrected chi connectivity index (χ4v) is 2.47. The summed E-state index contributed by atoms with van der Waals surface area (Å²) in [5.41, 5.74) is 0.530. The van der Waals surface area contributed by atoms with Gasteiger partial charge in [-0.2, -0.15) is 0 Å². The molecule has 1 heterocycles. The Labute approximate surface area is 97.4 Å². The summed E-state index contributed by atoms with van der Waals surface area (Å²) in [5.74, 6) is 0.0162. The van der Waals surface area contributed by atoms with E-state index in [1.165, 1.54) is 11.3 Å². The number of Topliss-reactive ketones (excluding diaryl/α,β-unsaturated/α-hetero) is 1. The topological polar surface area (TPSA) is 20.3 Å². The average Bonchev–Trinajstić information content (AvgIpc) is 2.45. The van der Waals surface area contributed by atoms with Crippen molar-refractivity contribution in [2.45, 2.75) is 6.92 Å². The van der Waals surface area contributed by atoms with Gasteiger partial charge in [0, 0.05) is 0 Å². The number of halogens is 2. The van der Waals surface area contributed by atoms with E-state index in [4.69, 9.17) is 23.2 Å². The van der Waals surface area contributed by atoms with E-state index in [9.17, 15) is 4.79 Å². The largest absolute Gasteiger partial charge is 0.299 e. The number of hydrogen-bond donors (Lipinski definition) is 0. The summed E-state index contributed by atoms with van der Waals surface area (Å²) in [6.07, 6.45) is 0. The van der Waals surface area contributed by atoms with Gasteiger partial charge in [-0.15, -0.1) is 11.3 Å². The van der Waals surface area contributed by atoms with Gasteiger partial charge in [-0.3, -0.25) is 9.69 Å². The molecule has 0 atom stereocenters. The van der Waals surface area contributed by atoms with E-state index < -0.39 is 0 Å². The average molecular weight is 252 g/mol. The van der Waals surface area contributed by atoms with Gasteiger partial charge < -0.3 is 0 Å². The Bertz CT molecular complexity index is 338. The second-order valence-electron chi connectivity index (χ2n) is 2.99. The summed E-state index contributed by atoms with van der Waals surface area (Å²) in [4.78, 5) is 13.6. The summed E-state index contributed by atoms with van der Waals surface area (Å²) in [6.45, 7) is 3.21. The Kier molecular flexibility index (Phi) is 4.38. The first kappa shape index (κ1) is 12.0. The third-order valence-corrected chi connectivity index (χ3v) is 3.40. The SMILES string of the molecule is CCN(C)CC(=O)c1cc(Cl)sc1Cl. The molecule has 0 bridgehead atoms. The minimum absolute atomic E-state index is 0.0162. The first-order valence-electron chi connectivity index (χ1n) is 4.21. The Hall–Kier alpha value is -0.0900. The molecule has 5 heteroatoms. The number of ketones is 1. The van der Waals surface area contributed by atoms with Crippen LogP contribution in [0, 0.1) is 0 Å². The molecule has 0 aliphatic heterocycles. The molecule has 0 aliphatic carbocycles. The number of carbonyl (C=O) groups is 1. The maximum atomic E-state index is 11.7. The smallest absolute Gasteiger partial charge is 0.179 e. The Morgan fingerprint density at radius 1 is 1.57 bits per heavy atom. The van der Waals surface area contributed by atoms with Crippen molar-refractivity contribution in [3.8, 4) is 0 Å². The standard InChI is InChI=1S/C9H11Cl2NOS/c1-3-12(2)5-7(13)6-4-8(10)14-9(6)11/h4H,3,5H2,1-2H3. The van der Waals surface area contributed by atoms with Gasteiger partial charge in [-0.1, -0.05) is 30.1 Å². The quantitative estimate of drug-likeness (QED) is 0.767. The lowest BCUT2D eigenvalue weighted by atomic mass is 10.2. The first-order chi connectivity index (χ1) is 6.54. The van der Waals surface area contributed by atoms with Crippen LogP contribution in [0.4, 0.5) is 0 Å². The van der Waals surface area contributed by atoms with Crippen LogP contribution in [0.3, 0.4) is 0 Å². The number of likely N-dealkylation sites (N-methyl/N-ethyl adjacent to an activating group) is 1. The van der Waals surface area contributed by atoms with Gasteiger partial charge in [0.25, 0.3) is 0 Å². The molecular weight excluding hydrogens is 241 g/mol. The zero-order valence-corrected chi connectivity index (χ0v) is 10.3. The predicted octanol–water partition coefficient (Wildman–Crippen LogP) is 3.19. The van der Waals surface area contributed by atoms with E-state index in [-0.39, 0.29) is 5.78 Å². The number of nitrogens with zero attached hydrogens (tertiary/aromatic N) is 1. The van der Waals surface area contributed by atoms with Crippen molar-refractivity contribution < 1.29 is 4.79 Å². The molecule has 14 heavy (non-hydrogen) atoms. The summed E-state index contributed by atoms with van der Waals surface area (Å²) < 4.78 is 1.03. The van der Waals surface area contributed by atoms with Crippen molar-refractivity contribution in [1.82, 2.24) is 4.90 Å². The molecule has 0 spiro atoms. The lowest BCUT2D eigenvalue weighted by molar-refractivity contribution is 0.0949. The molecule has 78 valence electrons. The van der Waals surface area contributed by atoms with Crippen LogP contribution in [0.15, 0.2) is 6.07 Å². The van der Waals surface area contributed by atoms with E-state index in [1.807, 2.05) is 18.9 Å². The number of carbonyl (C=O) groups excluding carboxylic acids is 1. The molecule has 0 fully saturated rings. The minimum Gasteiger partial charge on any atom is -0.299 e. The molecule has 2 nitrogen and oxygen atoms in total. The highest BCUT2D eigenvalue weighted by Crippen LogP contribution is 2.31. The zero-order valence-electron chi connectivity index (χ0n) is 8.01. The van der Waals surface area contributed by atoms with Gasteiger partial charge in [-0.05, 0) is 19.7 Å². The van der Waals surface area contributed by atoms with Crippen molar-refractivity contribution in [2.75, 3.05) is 20.1 Å². The Morgan fingerprint density at radius 3 is 2.64 bits per heavy atom. The Balaban J connectivity index is 2.74. The lowest BCUT2D eigenvalue weighted by Gasteiger charge is -2.11. The summed E-state index contributed by atoms with van der Waals surface area (Å²) in [6, 6.07) is 1.63. The molecule has 0 unspecified atom stereocenters. The number of hydrogen-bond acceptors (Lipinski definition) is 3. The van der Waals surface area contributed by atoms with E-state index in [2.05, 4.69) is 0 Å². The van der Waals surface area contributed by atoms with E-state index in [0.717, 1.165) is 6.54 Å². The highest BCUT2D eigenvalue weighted by molar-refractivity contribution is 7.20. The van der Waals surface area contributed by atoms with Crippen molar-refractivity contribution in [3.05, 3.63) is 20.3 Å². The Morgan fingerprint density at radius 2 is 2.21 bits per heavy atom. The van der Waals surface area contributed by atoms with Gasteiger partial charge in [0.1, 0.15) is 4.34 Å². The maximum Gasteiger partial charge on any atom is 0.179 e. The van der Waals surface area contributed by atoms with Gasteiger partial charge >= 0.3 is 0 Å². The highest BCUT2D eigenvalue weighted by atomic mass is 35.5. The predicted molar refractivity (Wildman–Crippen MR) is 61.8 cm³/mol. The van der Waals surface area contributed by atoms with Crippen LogP contribution >= 0.6 is 34.5 Å². The maximum absolute atomic E-state index is 11.7. The van der Waals surface area contributed by atoms with Crippen LogP contribution in [0.25, 0.3) is 0 Å². The molecule has 0 radical (unpaired) electrons. The molecule has 0 aromatic carbocycles. The van der Waals surface area contributed by atoms with Crippen LogP contribution in [-0.2, 0) is 0 Å². The fourth-order valence-electron chi connectivity index (χ4n) is 0.972. The highest BCUT2D eigenvalue weighted by Gasteiger charge is 2.15. The molecule has 0 amide bonds. The molecule has 0 saturated heterocycles. The molecular formula is C9H11Cl2NOS. The molecule has 0 N–H and O–H groups in total. The third-order valence-electron chi connectivity index (χ3n) is 1.91. The summed E-state index contributed by atoms with van der Waals surface area (Å²) >= 11 is 12.8. The number of thiophene rings is 1. The zero-order chi connectivity index (χ0) is 10.7. The van der Waals surface area contributed by atoms with Crippen molar-refractivity contribution in [2.24, 2.45) is 0 Å². The lowest BCUT2D eigenvalue weighted by Crippen LogP contribution is -2.25. The summed E-state index contributed by atoms with van der Waals surface area (Å²) in [7, 11) is 1.89. The van der Waals surface area contributed by atoms with Crippen LogP contribution in [0.2, 0.25) is 8.67 Å². The molecule has 0 saturated carbocycles. The first-order valence-corrected chi connectivity index (χ1v) is 5.78. The third kappa shape index (κ3) is 2.95. The molecule has 1 rings (SSSR count). The fraction of sp³-hybridized carbons (Fsp3) is 0.444. The monoisotopic (exact) mass is 251 g/mol. The van der Waals surface area contributed by atoms with E-state index >= 15 is 0 Å². The van der Waals surface area contributed by atoms with E-state index in [1.54, 1.807) is 6.07 Å². The van der Waals surface area contributed by atoms with Crippen LogP contribution in [0.1, 0.15) is 17.3 Å². The second-order valence-corrected chi connectivity index (χ2v) is 5.28. The van der Waals surface area contributed by atoms with Gasteiger partial charge in [0.15, 0.2) is 5.78 Å².